The lowest BCUT2D eigenvalue weighted by Gasteiger charge is -2.04. The predicted molar refractivity (Wildman–Crippen MR) is 36.1 cm³/mol. The van der Waals surface area contributed by atoms with Crippen molar-refractivity contribution in [1.29, 1.82) is 0 Å². The summed E-state index contributed by atoms with van der Waals surface area (Å²) >= 11 is 0. The number of carboxylic acid groups (broad SMARTS) is 1. The summed E-state index contributed by atoms with van der Waals surface area (Å²) in [6.45, 7) is 0. The van der Waals surface area contributed by atoms with Crippen LogP contribution in [0.4, 0.5) is 17.6 Å². The molecule has 14 heavy (non-hydrogen) atoms. The number of aromatic carboxylic acids is 1. The summed E-state index contributed by atoms with van der Waals surface area (Å²) in [6.07, 6.45) is -3.34. The van der Waals surface area contributed by atoms with Crippen LogP contribution in [0.1, 0.15) is 22.5 Å². The van der Waals surface area contributed by atoms with Gasteiger partial charge in [-0.3, -0.25) is 0 Å². The van der Waals surface area contributed by atoms with Gasteiger partial charge in [0, 0.05) is 6.07 Å². The van der Waals surface area contributed by atoms with Crippen molar-refractivity contribution in [3.8, 4) is 0 Å². The maximum Gasteiger partial charge on any atom is 0.340 e. The van der Waals surface area contributed by atoms with E-state index in [9.17, 15) is 22.4 Å². The number of nitrogens with zero attached hydrogens (tertiary/aromatic N) is 1. The molecule has 0 aromatic carbocycles. The number of pyridine rings is 1. The van der Waals surface area contributed by atoms with E-state index in [0.717, 1.165) is 0 Å². The topological polar surface area (TPSA) is 50.2 Å². The highest BCUT2D eigenvalue weighted by atomic mass is 19.3. The number of hydrogen-bond donors (Lipinski definition) is 1. The second kappa shape index (κ2) is 3.60. The molecule has 0 aliphatic heterocycles. The number of alkyl halides is 2. The lowest BCUT2D eigenvalue weighted by molar-refractivity contribution is 0.0675. The fraction of sp³-hybridized carbons (Fsp3) is 0.143. The van der Waals surface area contributed by atoms with Crippen LogP contribution >= 0.6 is 0 Å². The van der Waals surface area contributed by atoms with Gasteiger partial charge in [-0.25, -0.2) is 22.9 Å². The molecule has 0 unspecified atom stereocenters. The zero-order chi connectivity index (χ0) is 10.9. The van der Waals surface area contributed by atoms with Crippen LogP contribution < -0.4 is 0 Å². The lowest BCUT2D eigenvalue weighted by Crippen LogP contribution is -2.10. The molecule has 76 valence electrons. The van der Waals surface area contributed by atoms with Crippen LogP contribution in [0.25, 0.3) is 0 Å². The van der Waals surface area contributed by atoms with Crippen molar-refractivity contribution >= 4 is 5.97 Å². The standard InChI is InChI=1S/C7H3F4NO2/c8-2-1-3(9)12-5(6(10)11)4(2)7(13)14/h1,6H,(H,13,14). The first-order valence-electron chi connectivity index (χ1n) is 3.31. The van der Waals surface area contributed by atoms with E-state index in [1.165, 1.54) is 0 Å². The summed E-state index contributed by atoms with van der Waals surface area (Å²) in [5.74, 6) is -4.96. The van der Waals surface area contributed by atoms with Gasteiger partial charge in [0.15, 0.2) is 0 Å². The number of carboxylic acids is 1. The van der Waals surface area contributed by atoms with Crippen LogP contribution in [-0.4, -0.2) is 16.1 Å². The average Bonchev–Trinajstić information content (AvgIpc) is 2.01. The van der Waals surface area contributed by atoms with Gasteiger partial charge < -0.3 is 5.11 Å². The first kappa shape index (κ1) is 10.4. The Kier molecular flexibility index (Phi) is 2.68. The summed E-state index contributed by atoms with van der Waals surface area (Å²) in [6, 6.07) is 0.134. The quantitative estimate of drug-likeness (QED) is 0.598. The molecule has 1 N–H and O–H groups in total. The maximum absolute atomic E-state index is 12.7. The van der Waals surface area contributed by atoms with Crippen LogP contribution in [0.3, 0.4) is 0 Å². The molecule has 0 fully saturated rings. The molecule has 1 heterocycles. The molecule has 1 aromatic heterocycles. The summed E-state index contributed by atoms with van der Waals surface area (Å²) in [7, 11) is 0. The van der Waals surface area contributed by atoms with Gasteiger partial charge in [-0.1, -0.05) is 0 Å². The van der Waals surface area contributed by atoms with Crippen molar-refractivity contribution in [2.24, 2.45) is 0 Å². The van der Waals surface area contributed by atoms with E-state index < -0.39 is 35.4 Å². The van der Waals surface area contributed by atoms with Gasteiger partial charge in [-0.05, 0) is 0 Å². The van der Waals surface area contributed by atoms with Gasteiger partial charge in [0.05, 0.1) is 0 Å². The Bertz CT molecular complexity index is 380. The van der Waals surface area contributed by atoms with Gasteiger partial charge in [0.2, 0.25) is 5.95 Å². The lowest BCUT2D eigenvalue weighted by atomic mass is 10.2. The molecule has 0 saturated heterocycles. The molecule has 0 amide bonds. The van der Waals surface area contributed by atoms with Gasteiger partial charge >= 0.3 is 5.97 Å². The fourth-order valence-electron chi connectivity index (χ4n) is 0.872. The first-order chi connectivity index (χ1) is 6.43. The molecular weight excluding hydrogens is 206 g/mol. The van der Waals surface area contributed by atoms with E-state index in [4.69, 9.17) is 5.11 Å². The Morgan fingerprint density at radius 2 is 2.00 bits per heavy atom. The van der Waals surface area contributed by atoms with Crippen LogP contribution in [0.15, 0.2) is 6.07 Å². The van der Waals surface area contributed by atoms with E-state index >= 15 is 0 Å². The van der Waals surface area contributed by atoms with Crippen molar-refractivity contribution in [3.63, 3.8) is 0 Å². The van der Waals surface area contributed by atoms with Crippen LogP contribution in [0.5, 0.6) is 0 Å². The molecule has 0 spiro atoms. The summed E-state index contributed by atoms with van der Waals surface area (Å²) in [4.78, 5) is 12.9. The Labute approximate surface area is 75.0 Å². The highest BCUT2D eigenvalue weighted by Crippen LogP contribution is 2.23. The number of halogens is 4. The van der Waals surface area contributed by atoms with E-state index in [-0.39, 0.29) is 6.07 Å². The van der Waals surface area contributed by atoms with E-state index in [2.05, 4.69) is 4.98 Å². The third-order valence-electron chi connectivity index (χ3n) is 1.39. The van der Waals surface area contributed by atoms with Gasteiger partial charge in [-0.2, -0.15) is 4.39 Å². The second-order valence-electron chi connectivity index (χ2n) is 2.29. The zero-order valence-corrected chi connectivity index (χ0v) is 6.47. The van der Waals surface area contributed by atoms with Crippen LogP contribution in [0.2, 0.25) is 0 Å². The Morgan fingerprint density at radius 1 is 1.43 bits per heavy atom. The smallest absolute Gasteiger partial charge is 0.340 e. The first-order valence-corrected chi connectivity index (χ1v) is 3.31. The van der Waals surface area contributed by atoms with Gasteiger partial charge in [-0.15, -0.1) is 0 Å². The maximum atomic E-state index is 12.7. The number of carbonyl (C=O) groups is 1. The van der Waals surface area contributed by atoms with Crippen LogP contribution in [-0.2, 0) is 0 Å². The zero-order valence-electron chi connectivity index (χ0n) is 6.47. The molecule has 3 nitrogen and oxygen atoms in total. The Balaban J connectivity index is 3.44. The largest absolute Gasteiger partial charge is 0.478 e. The SMILES string of the molecule is O=C(O)c1c(F)cc(F)nc1C(F)F. The Hall–Kier alpha value is -1.66. The number of aromatic nitrogens is 1. The van der Waals surface area contributed by atoms with E-state index in [1.54, 1.807) is 0 Å². The molecule has 0 atom stereocenters. The minimum atomic E-state index is -3.34. The minimum absolute atomic E-state index is 0.134. The molecule has 0 aliphatic carbocycles. The summed E-state index contributed by atoms with van der Waals surface area (Å²) < 4.78 is 49.3. The van der Waals surface area contributed by atoms with Crippen molar-refractivity contribution in [3.05, 3.63) is 29.1 Å². The average molecular weight is 209 g/mol. The highest BCUT2D eigenvalue weighted by Gasteiger charge is 2.25. The third kappa shape index (κ3) is 1.81. The normalized spacial score (nSPS) is 10.6. The Morgan fingerprint density at radius 3 is 2.43 bits per heavy atom. The van der Waals surface area contributed by atoms with Crippen molar-refractivity contribution in [1.82, 2.24) is 4.98 Å². The van der Waals surface area contributed by atoms with Crippen LogP contribution in [0, 0.1) is 11.8 Å². The molecule has 0 aliphatic rings. The molecule has 1 aromatic rings. The molecule has 7 heteroatoms. The number of rotatable bonds is 2. The van der Waals surface area contributed by atoms with Crippen molar-refractivity contribution in [2.75, 3.05) is 0 Å². The second-order valence-corrected chi connectivity index (χ2v) is 2.29. The molecule has 0 bridgehead atoms. The predicted octanol–water partition coefficient (Wildman–Crippen LogP) is 2.00. The monoisotopic (exact) mass is 209 g/mol. The third-order valence-corrected chi connectivity index (χ3v) is 1.39. The summed E-state index contributed by atoms with van der Waals surface area (Å²) in [5.41, 5.74) is -2.71. The number of hydrogen-bond acceptors (Lipinski definition) is 2. The van der Waals surface area contributed by atoms with Gasteiger partial charge in [0.1, 0.15) is 17.1 Å². The fourth-order valence-corrected chi connectivity index (χ4v) is 0.872. The summed E-state index contributed by atoms with van der Waals surface area (Å²) in [5, 5.41) is 8.35. The van der Waals surface area contributed by atoms with E-state index in [0.29, 0.717) is 0 Å². The highest BCUT2D eigenvalue weighted by molar-refractivity contribution is 5.89. The molecule has 1 rings (SSSR count). The van der Waals surface area contributed by atoms with Gasteiger partial charge in [0.25, 0.3) is 6.43 Å². The molecule has 0 saturated carbocycles. The van der Waals surface area contributed by atoms with Crippen molar-refractivity contribution < 1.29 is 27.5 Å². The molecular formula is C7H3F4NO2. The minimum Gasteiger partial charge on any atom is -0.478 e. The molecule has 0 radical (unpaired) electrons. The van der Waals surface area contributed by atoms with Crippen molar-refractivity contribution in [2.45, 2.75) is 6.43 Å². The van der Waals surface area contributed by atoms with E-state index in [1.807, 2.05) is 0 Å².